The Morgan fingerprint density at radius 3 is 2.47 bits per heavy atom. The highest BCUT2D eigenvalue weighted by Gasteiger charge is 2.30. The average Bonchev–Trinajstić information content (AvgIpc) is 2.74. The number of rotatable bonds is 6. The number of alkyl halides is 2. The van der Waals surface area contributed by atoms with Crippen LogP contribution in [0, 0.1) is 5.92 Å². The van der Waals surface area contributed by atoms with Gasteiger partial charge in [-0.1, -0.05) is 23.7 Å². The van der Waals surface area contributed by atoms with E-state index < -0.39 is 6.61 Å². The highest BCUT2D eigenvalue weighted by molar-refractivity contribution is 6.30. The average molecular weight is 437 g/mol. The molecule has 3 rings (SSSR count). The van der Waals surface area contributed by atoms with Crippen LogP contribution in [0.25, 0.3) is 0 Å². The number of carbonyl (C=O) groups excluding carboxylic acids is 2. The van der Waals surface area contributed by atoms with Crippen LogP contribution in [-0.2, 0) is 11.3 Å². The van der Waals surface area contributed by atoms with E-state index in [4.69, 9.17) is 11.6 Å². The van der Waals surface area contributed by atoms with Gasteiger partial charge in [-0.2, -0.15) is 8.78 Å². The van der Waals surface area contributed by atoms with Crippen molar-refractivity contribution in [1.29, 1.82) is 0 Å². The Balaban J connectivity index is 1.58. The molecule has 1 unspecified atom stereocenters. The Bertz CT molecular complexity index is 875. The molecule has 0 saturated carbocycles. The number of likely N-dealkylation sites (tertiary alicyclic amines) is 1. The summed E-state index contributed by atoms with van der Waals surface area (Å²) in [7, 11) is 1.70. The number of halogens is 3. The molecule has 0 radical (unpaired) electrons. The van der Waals surface area contributed by atoms with Gasteiger partial charge in [-0.25, -0.2) is 0 Å². The van der Waals surface area contributed by atoms with Crippen molar-refractivity contribution in [3.05, 3.63) is 64.7 Å². The molecule has 1 fully saturated rings. The molecule has 160 valence electrons. The summed E-state index contributed by atoms with van der Waals surface area (Å²) in [4.78, 5) is 29.0. The van der Waals surface area contributed by atoms with Gasteiger partial charge in [0.25, 0.3) is 5.91 Å². The molecule has 0 aliphatic carbocycles. The smallest absolute Gasteiger partial charge is 0.387 e. The number of hydrogen-bond acceptors (Lipinski definition) is 3. The summed E-state index contributed by atoms with van der Waals surface area (Å²) in [5.74, 6) is -0.356. The topological polar surface area (TPSA) is 49.9 Å². The zero-order valence-electron chi connectivity index (χ0n) is 16.6. The van der Waals surface area contributed by atoms with Crippen LogP contribution in [0.5, 0.6) is 5.75 Å². The van der Waals surface area contributed by atoms with E-state index in [1.54, 1.807) is 53.2 Å². The molecular weight excluding hydrogens is 414 g/mol. The van der Waals surface area contributed by atoms with Gasteiger partial charge in [0.15, 0.2) is 0 Å². The molecule has 0 aromatic heterocycles. The van der Waals surface area contributed by atoms with E-state index in [0.717, 1.165) is 18.4 Å². The van der Waals surface area contributed by atoms with Gasteiger partial charge >= 0.3 is 6.61 Å². The zero-order valence-corrected chi connectivity index (χ0v) is 17.3. The number of amides is 2. The highest BCUT2D eigenvalue weighted by Crippen LogP contribution is 2.22. The molecule has 2 aromatic carbocycles. The quantitative estimate of drug-likeness (QED) is 0.672. The summed E-state index contributed by atoms with van der Waals surface area (Å²) < 4.78 is 28.8. The minimum atomic E-state index is -2.87. The fourth-order valence-corrected chi connectivity index (χ4v) is 3.70. The van der Waals surface area contributed by atoms with Crippen LogP contribution in [0.15, 0.2) is 48.5 Å². The van der Waals surface area contributed by atoms with Crippen molar-refractivity contribution < 1.29 is 23.1 Å². The molecule has 5 nitrogen and oxygen atoms in total. The predicted octanol–water partition coefficient (Wildman–Crippen LogP) is 4.45. The van der Waals surface area contributed by atoms with Crippen LogP contribution in [0.2, 0.25) is 5.02 Å². The molecule has 0 N–H and O–H groups in total. The number of piperidine rings is 1. The zero-order chi connectivity index (χ0) is 21.7. The monoisotopic (exact) mass is 436 g/mol. The van der Waals surface area contributed by atoms with Gasteiger partial charge in [0.05, 0.1) is 5.92 Å². The van der Waals surface area contributed by atoms with Crippen LogP contribution in [0.1, 0.15) is 28.8 Å². The van der Waals surface area contributed by atoms with Crippen molar-refractivity contribution in [3.63, 3.8) is 0 Å². The standard InChI is InChI=1S/C22H23ClF2N2O3/c1-26(13-15-4-10-19(11-5-15)30-22(24)25)20(28)17-3-2-12-27(14-17)21(29)16-6-8-18(23)9-7-16/h4-11,17,22H,2-3,12-14H2,1H3. The van der Waals surface area contributed by atoms with Crippen molar-refractivity contribution in [3.8, 4) is 5.75 Å². The fourth-order valence-electron chi connectivity index (χ4n) is 3.58. The predicted molar refractivity (Wildman–Crippen MR) is 110 cm³/mol. The van der Waals surface area contributed by atoms with Crippen LogP contribution < -0.4 is 4.74 Å². The SMILES string of the molecule is CN(Cc1ccc(OC(F)F)cc1)C(=O)C1CCCN(C(=O)c2ccc(Cl)cc2)C1. The van der Waals surface area contributed by atoms with Gasteiger partial charge in [-0.05, 0) is 54.8 Å². The lowest BCUT2D eigenvalue weighted by Crippen LogP contribution is -2.45. The first-order chi connectivity index (χ1) is 14.3. The summed E-state index contributed by atoms with van der Waals surface area (Å²) in [5, 5.41) is 0.564. The Morgan fingerprint density at radius 1 is 1.17 bits per heavy atom. The Labute approximate surface area is 179 Å². The highest BCUT2D eigenvalue weighted by atomic mass is 35.5. The second-order valence-electron chi connectivity index (χ2n) is 7.31. The first-order valence-corrected chi connectivity index (χ1v) is 10.0. The van der Waals surface area contributed by atoms with E-state index in [9.17, 15) is 18.4 Å². The lowest BCUT2D eigenvalue weighted by atomic mass is 9.95. The van der Waals surface area contributed by atoms with Gasteiger partial charge < -0.3 is 14.5 Å². The van der Waals surface area contributed by atoms with Gasteiger partial charge in [-0.15, -0.1) is 0 Å². The molecule has 1 heterocycles. The number of carbonyl (C=O) groups is 2. The first kappa shape index (κ1) is 22.0. The molecule has 2 aromatic rings. The number of benzene rings is 2. The molecule has 1 aliphatic heterocycles. The van der Waals surface area contributed by atoms with Crippen molar-refractivity contribution in [1.82, 2.24) is 9.80 Å². The maximum atomic E-state index is 12.9. The van der Waals surface area contributed by atoms with Crippen LogP contribution in [0.4, 0.5) is 8.78 Å². The summed E-state index contributed by atoms with van der Waals surface area (Å²) in [6.45, 7) is -1.55. The van der Waals surface area contributed by atoms with Gasteiger partial charge in [-0.3, -0.25) is 9.59 Å². The van der Waals surface area contributed by atoms with Crippen molar-refractivity contribution >= 4 is 23.4 Å². The normalized spacial score (nSPS) is 16.4. The summed E-state index contributed by atoms with van der Waals surface area (Å²) in [6, 6.07) is 12.9. The Hall–Kier alpha value is -2.67. The molecule has 2 amide bonds. The first-order valence-electron chi connectivity index (χ1n) is 9.67. The van der Waals surface area contributed by atoms with E-state index in [0.29, 0.717) is 30.2 Å². The number of nitrogens with zero attached hydrogens (tertiary/aromatic N) is 2. The minimum absolute atomic E-state index is 0.0449. The lowest BCUT2D eigenvalue weighted by Gasteiger charge is -2.34. The molecule has 30 heavy (non-hydrogen) atoms. The molecular formula is C22H23ClF2N2O3. The molecule has 0 spiro atoms. The van der Waals surface area contributed by atoms with Crippen LogP contribution >= 0.6 is 11.6 Å². The van der Waals surface area contributed by atoms with Gasteiger partial charge in [0.2, 0.25) is 5.91 Å². The third-order valence-corrected chi connectivity index (χ3v) is 5.35. The van der Waals surface area contributed by atoms with Crippen molar-refractivity contribution in [2.24, 2.45) is 5.92 Å². The fraction of sp³-hybridized carbons (Fsp3) is 0.364. The maximum absolute atomic E-state index is 12.9. The third-order valence-electron chi connectivity index (χ3n) is 5.09. The van der Waals surface area contributed by atoms with E-state index in [1.807, 2.05) is 0 Å². The lowest BCUT2D eigenvalue weighted by molar-refractivity contribution is -0.136. The summed E-state index contributed by atoms with van der Waals surface area (Å²) >= 11 is 5.88. The van der Waals surface area contributed by atoms with Crippen molar-refractivity contribution in [2.75, 3.05) is 20.1 Å². The maximum Gasteiger partial charge on any atom is 0.387 e. The summed E-state index contributed by atoms with van der Waals surface area (Å²) in [6.07, 6.45) is 1.47. The van der Waals surface area contributed by atoms with Gasteiger partial charge in [0.1, 0.15) is 5.75 Å². The minimum Gasteiger partial charge on any atom is -0.435 e. The molecule has 1 atom stereocenters. The van der Waals surface area contributed by atoms with E-state index in [-0.39, 0.29) is 23.5 Å². The second kappa shape index (κ2) is 9.89. The van der Waals surface area contributed by atoms with Crippen molar-refractivity contribution in [2.45, 2.75) is 26.0 Å². The molecule has 8 heteroatoms. The van der Waals surface area contributed by atoms with E-state index >= 15 is 0 Å². The second-order valence-corrected chi connectivity index (χ2v) is 7.75. The molecule has 1 saturated heterocycles. The largest absolute Gasteiger partial charge is 0.435 e. The van der Waals surface area contributed by atoms with Crippen LogP contribution in [0.3, 0.4) is 0 Å². The third kappa shape index (κ3) is 5.69. The molecule has 0 bridgehead atoms. The van der Waals surface area contributed by atoms with Crippen LogP contribution in [-0.4, -0.2) is 48.4 Å². The Kier molecular flexibility index (Phi) is 7.26. The number of hydrogen-bond donors (Lipinski definition) is 0. The van der Waals surface area contributed by atoms with E-state index in [1.165, 1.54) is 12.1 Å². The van der Waals surface area contributed by atoms with E-state index in [2.05, 4.69) is 4.74 Å². The molecule has 1 aliphatic rings. The summed E-state index contributed by atoms with van der Waals surface area (Å²) in [5.41, 5.74) is 1.35. The number of ether oxygens (including phenoxy) is 1. The van der Waals surface area contributed by atoms with Gasteiger partial charge in [0, 0.05) is 37.3 Å². The Morgan fingerprint density at radius 2 is 1.83 bits per heavy atom.